The van der Waals surface area contributed by atoms with Crippen LogP contribution >= 0.6 is 0 Å². The summed E-state index contributed by atoms with van der Waals surface area (Å²) < 4.78 is 7.54. The topological polar surface area (TPSA) is 53.1 Å². The molecule has 1 heterocycles. The van der Waals surface area contributed by atoms with Crippen molar-refractivity contribution < 1.29 is 4.74 Å². The number of nitrogen functional groups attached to an aromatic ring is 1. The Hall–Kier alpha value is -1.03. The molecule has 1 fully saturated rings. The number of anilines is 1. The van der Waals surface area contributed by atoms with Crippen molar-refractivity contribution in [2.45, 2.75) is 38.8 Å². The van der Waals surface area contributed by atoms with Crippen molar-refractivity contribution in [2.75, 3.05) is 12.3 Å². The zero-order valence-corrected chi connectivity index (χ0v) is 8.57. The quantitative estimate of drug-likeness (QED) is 0.788. The molecule has 4 heteroatoms. The Labute approximate surface area is 84.0 Å². The first-order valence-corrected chi connectivity index (χ1v) is 5.17. The third kappa shape index (κ3) is 2.07. The van der Waals surface area contributed by atoms with E-state index in [0.717, 1.165) is 18.8 Å². The lowest BCUT2D eigenvalue weighted by molar-refractivity contribution is -0.00249. The smallest absolute Gasteiger partial charge is 0.145 e. The van der Waals surface area contributed by atoms with Gasteiger partial charge < -0.3 is 10.5 Å². The maximum absolute atomic E-state index is 5.64. The lowest BCUT2D eigenvalue weighted by Gasteiger charge is -2.25. The standard InChI is InChI=1S/C10H17N3O/c1-8-7-10(11)12-13(8)5-6-14-9-3-2-4-9/h7,9H,2-6H2,1H3,(H2,11,12). The van der Waals surface area contributed by atoms with Crippen LogP contribution in [0.15, 0.2) is 6.07 Å². The number of hydrogen-bond acceptors (Lipinski definition) is 3. The second-order valence-electron chi connectivity index (χ2n) is 3.86. The number of ether oxygens (including phenoxy) is 1. The predicted octanol–water partition coefficient (Wildman–Crippen LogP) is 1.34. The average molecular weight is 195 g/mol. The zero-order chi connectivity index (χ0) is 9.97. The van der Waals surface area contributed by atoms with Gasteiger partial charge in [0.05, 0.1) is 19.3 Å². The summed E-state index contributed by atoms with van der Waals surface area (Å²) in [5.41, 5.74) is 6.67. The van der Waals surface area contributed by atoms with Crippen molar-refractivity contribution in [3.05, 3.63) is 11.8 Å². The van der Waals surface area contributed by atoms with Crippen LogP contribution < -0.4 is 5.73 Å². The molecule has 1 aromatic heterocycles. The summed E-state index contributed by atoms with van der Waals surface area (Å²) in [5, 5.41) is 4.17. The molecule has 0 aliphatic heterocycles. The van der Waals surface area contributed by atoms with E-state index in [2.05, 4.69) is 5.10 Å². The summed E-state index contributed by atoms with van der Waals surface area (Å²) in [7, 11) is 0. The normalized spacial score (nSPS) is 16.9. The second kappa shape index (κ2) is 4.00. The highest BCUT2D eigenvalue weighted by Gasteiger charge is 2.17. The molecule has 1 aliphatic rings. The van der Waals surface area contributed by atoms with Crippen molar-refractivity contribution in [3.8, 4) is 0 Å². The van der Waals surface area contributed by atoms with Crippen molar-refractivity contribution >= 4 is 5.82 Å². The minimum Gasteiger partial charge on any atom is -0.382 e. The van der Waals surface area contributed by atoms with Crippen LogP contribution in [0.3, 0.4) is 0 Å². The van der Waals surface area contributed by atoms with E-state index in [4.69, 9.17) is 10.5 Å². The van der Waals surface area contributed by atoms with E-state index in [1.54, 1.807) is 0 Å². The van der Waals surface area contributed by atoms with Crippen molar-refractivity contribution in [1.29, 1.82) is 0 Å². The molecule has 2 N–H and O–H groups in total. The monoisotopic (exact) mass is 195 g/mol. The lowest BCUT2D eigenvalue weighted by atomic mass is 9.96. The van der Waals surface area contributed by atoms with Gasteiger partial charge in [0.1, 0.15) is 5.82 Å². The maximum atomic E-state index is 5.64. The Bertz CT molecular complexity index is 304. The lowest BCUT2D eigenvalue weighted by Crippen LogP contribution is -2.23. The van der Waals surface area contributed by atoms with Gasteiger partial charge in [0.2, 0.25) is 0 Å². The minimum absolute atomic E-state index is 0.503. The molecule has 1 aliphatic carbocycles. The van der Waals surface area contributed by atoms with E-state index in [9.17, 15) is 0 Å². The van der Waals surface area contributed by atoms with Gasteiger partial charge in [0.25, 0.3) is 0 Å². The number of nitrogens with zero attached hydrogens (tertiary/aromatic N) is 2. The van der Waals surface area contributed by atoms with Crippen LogP contribution in [0.4, 0.5) is 5.82 Å². The highest BCUT2D eigenvalue weighted by Crippen LogP contribution is 2.21. The molecule has 0 saturated heterocycles. The summed E-state index contributed by atoms with van der Waals surface area (Å²) in [6.07, 6.45) is 4.27. The van der Waals surface area contributed by atoms with Gasteiger partial charge in [-0.1, -0.05) is 0 Å². The van der Waals surface area contributed by atoms with Crippen LogP contribution in [0.1, 0.15) is 25.0 Å². The molecule has 78 valence electrons. The van der Waals surface area contributed by atoms with E-state index in [1.807, 2.05) is 17.7 Å². The molecule has 4 nitrogen and oxygen atoms in total. The predicted molar refractivity (Wildman–Crippen MR) is 55.0 cm³/mol. The van der Waals surface area contributed by atoms with Crippen LogP contribution in [0.25, 0.3) is 0 Å². The first-order chi connectivity index (χ1) is 6.75. The van der Waals surface area contributed by atoms with Crippen LogP contribution in [0, 0.1) is 6.92 Å². The van der Waals surface area contributed by atoms with Gasteiger partial charge in [0, 0.05) is 11.8 Å². The van der Waals surface area contributed by atoms with E-state index >= 15 is 0 Å². The molecule has 0 unspecified atom stereocenters. The van der Waals surface area contributed by atoms with E-state index in [0.29, 0.717) is 11.9 Å². The SMILES string of the molecule is Cc1cc(N)nn1CCOC1CCC1. The van der Waals surface area contributed by atoms with Crippen molar-refractivity contribution in [3.63, 3.8) is 0 Å². The molecule has 1 aromatic rings. The van der Waals surface area contributed by atoms with E-state index in [1.165, 1.54) is 19.3 Å². The summed E-state index contributed by atoms with van der Waals surface area (Å²) in [6, 6.07) is 1.88. The Kier molecular flexibility index (Phi) is 2.72. The van der Waals surface area contributed by atoms with Gasteiger partial charge in [-0.3, -0.25) is 4.68 Å². The number of hydrogen-bond donors (Lipinski definition) is 1. The molecule has 0 radical (unpaired) electrons. The van der Waals surface area contributed by atoms with Crippen LogP contribution in [0.2, 0.25) is 0 Å². The summed E-state index contributed by atoms with van der Waals surface area (Å²) in [5.74, 6) is 0.589. The number of rotatable bonds is 4. The van der Waals surface area contributed by atoms with Gasteiger partial charge in [-0.05, 0) is 26.2 Å². The van der Waals surface area contributed by atoms with Crippen molar-refractivity contribution in [2.24, 2.45) is 0 Å². The molecule has 2 rings (SSSR count). The molecule has 0 atom stereocenters. The fraction of sp³-hybridized carbons (Fsp3) is 0.700. The highest BCUT2D eigenvalue weighted by atomic mass is 16.5. The Balaban J connectivity index is 1.76. The molecule has 14 heavy (non-hydrogen) atoms. The van der Waals surface area contributed by atoms with Gasteiger partial charge in [-0.2, -0.15) is 5.10 Å². The second-order valence-corrected chi connectivity index (χ2v) is 3.86. The minimum atomic E-state index is 0.503. The molecular formula is C10H17N3O. The average Bonchev–Trinajstić information content (AvgIpc) is 2.36. The fourth-order valence-corrected chi connectivity index (χ4v) is 1.61. The summed E-state index contributed by atoms with van der Waals surface area (Å²) in [4.78, 5) is 0. The van der Waals surface area contributed by atoms with Crippen LogP contribution in [-0.2, 0) is 11.3 Å². The van der Waals surface area contributed by atoms with Crippen LogP contribution in [-0.4, -0.2) is 22.5 Å². The molecule has 1 saturated carbocycles. The van der Waals surface area contributed by atoms with Gasteiger partial charge in [-0.25, -0.2) is 0 Å². The summed E-state index contributed by atoms with van der Waals surface area (Å²) in [6.45, 7) is 3.55. The molecule has 0 bridgehead atoms. The zero-order valence-electron chi connectivity index (χ0n) is 8.57. The van der Waals surface area contributed by atoms with Crippen LogP contribution in [0.5, 0.6) is 0 Å². The Morgan fingerprint density at radius 1 is 1.64 bits per heavy atom. The first kappa shape index (κ1) is 9.52. The van der Waals surface area contributed by atoms with E-state index < -0.39 is 0 Å². The summed E-state index contributed by atoms with van der Waals surface area (Å²) >= 11 is 0. The molecule has 0 aromatic carbocycles. The van der Waals surface area contributed by atoms with Gasteiger partial charge in [0.15, 0.2) is 0 Å². The third-order valence-electron chi connectivity index (χ3n) is 2.71. The largest absolute Gasteiger partial charge is 0.382 e. The number of aryl methyl sites for hydroxylation is 1. The highest BCUT2D eigenvalue weighted by molar-refractivity contribution is 5.28. The number of nitrogens with two attached hydrogens (primary N) is 1. The van der Waals surface area contributed by atoms with Gasteiger partial charge in [-0.15, -0.1) is 0 Å². The Morgan fingerprint density at radius 3 is 2.93 bits per heavy atom. The molecule has 0 spiro atoms. The van der Waals surface area contributed by atoms with Crippen molar-refractivity contribution in [1.82, 2.24) is 9.78 Å². The van der Waals surface area contributed by atoms with E-state index in [-0.39, 0.29) is 0 Å². The maximum Gasteiger partial charge on any atom is 0.145 e. The number of aromatic nitrogens is 2. The van der Waals surface area contributed by atoms with Gasteiger partial charge >= 0.3 is 0 Å². The molecular weight excluding hydrogens is 178 g/mol. The fourth-order valence-electron chi connectivity index (χ4n) is 1.61. The Morgan fingerprint density at radius 2 is 2.43 bits per heavy atom. The first-order valence-electron chi connectivity index (χ1n) is 5.17. The molecule has 0 amide bonds. The third-order valence-corrected chi connectivity index (χ3v) is 2.71.